The Morgan fingerprint density at radius 1 is 0.571 bits per heavy atom. The fraction of sp³-hybridized carbons (Fsp3) is 0.400. The molecule has 0 heterocycles. The molecule has 0 bridgehead atoms. The van der Waals surface area contributed by atoms with Crippen LogP contribution >= 0.6 is 8.58 Å². The van der Waals surface area contributed by atoms with E-state index >= 15 is 0 Å². The standard InChI is InChI=1S/C20H27P/c1-19(2,3)15-11-7-9-13-17(15)21-18-14-10-8-12-16(18)20(4,5)6/h7-14,21H,1-6H3. The normalized spacial score (nSPS) is 12.5. The lowest BCUT2D eigenvalue weighted by Gasteiger charge is -2.26. The summed E-state index contributed by atoms with van der Waals surface area (Å²) in [6, 6.07) is 17.8. The van der Waals surface area contributed by atoms with Gasteiger partial charge in [0.05, 0.1) is 0 Å². The van der Waals surface area contributed by atoms with E-state index in [9.17, 15) is 0 Å². The Morgan fingerprint density at radius 3 is 1.24 bits per heavy atom. The van der Waals surface area contributed by atoms with Crippen LogP contribution < -0.4 is 10.6 Å². The van der Waals surface area contributed by atoms with Crippen LogP contribution in [0.2, 0.25) is 0 Å². The molecule has 0 spiro atoms. The Morgan fingerprint density at radius 2 is 0.905 bits per heavy atom. The second kappa shape index (κ2) is 5.93. The first-order valence-corrected chi connectivity index (χ1v) is 8.65. The highest BCUT2D eigenvalue weighted by Crippen LogP contribution is 2.29. The molecule has 0 radical (unpaired) electrons. The molecule has 0 fully saturated rings. The lowest BCUT2D eigenvalue weighted by molar-refractivity contribution is 0.593. The zero-order valence-electron chi connectivity index (χ0n) is 14.1. The van der Waals surface area contributed by atoms with Crippen LogP contribution in [-0.4, -0.2) is 0 Å². The van der Waals surface area contributed by atoms with E-state index in [1.54, 1.807) is 0 Å². The number of hydrogen-bond acceptors (Lipinski definition) is 0. The Bertz CT molecular complexity index is 557. The largest absolute Gasteiger partial charge is 0.0619 e. The first-order valence-electron chi connectivity index (χ1n) is 7.65. The van der Waals surface area contributed by atoms with Gasteiger partial charge in [-0.25, -0.2) is 0 Å². The van der Waals surface area contributed by atoms with Gasteiger partial charge >= 0.3 is 0 Å². The predicted octanol–water partition coefficient (Wildman–Crippen LogP) is 4.91. The third kappa shape index (κ3) is 3.95. The van der Waals surface area contributed by atoms with E-state index in [1.165, 1.54) is 21.7 Å². The van der Waals surface area contributed by atoms with Crippen LogP contribution in [0, 0.1) is 0 Å². The second-order valence-corrected chi connectivity index (χ2v) is 9.04. The summed E-state index contributed by atoms with van der Waals surface area (Å²) < 4.78 is 0. The summed E-state index contributed by atoms with van der Waals surface area (Å²) >= 11 is 0. The topological polar surface area (TPSA) is 0 Å². The van der Waals surface area contributed by atoms with E-state index in [2.05, 4.69) is 90.1 Å². The Kier molecular flexibility index (Phi) is 4.59. The van der Waals surface area contributed by atoms with Crippen LogP contribution in [-0.2, 0) is 10.8 Å². The average Bonchev–Trinajstić information content (AvgIpc) is 2.37. The van der Waals surface area contributed by atoms with Gasteiger partial charge in [-0.05, 0) is 32.6 Å². The molecule has 0 N–H and O–H groups in total. The number of rotatable bonds is 2. The molecule has 112 valence electrons. The molecule has 2 aromatic rings. The van der Waals surface area contributed by atoms with Crippen molar-refractivity contribution in [2.75, 3.05) is 0 Å². The number of hydrogen-bond donors (Lipinski definition) is 0. The third-order valence-electron chi connectivity index (χ3n) is 3.74. The first kappa shape index (κ1) is 16.2. The molecular formula is C20H27P. The van der Waals surface area contributed by atoms with Gasteiger partial charge in [0, 0.05) is 0 Å². The SMILES string of the molecule is CC(C)(C)c1ccccc1Pc1ccccc1C(C)(C)C. The highest BCUT2D eigenvalue weighted by Gasteiger charge is 2.21. The summed E-state index contributed by atoms with van der Waals surface area (Å²) in [5.74, 6) is 0. The zero-order valence-corrected chi connectivity index (χ0v) is 15.1. The molecule has 0 amide bonds. The maximum atomic E-state index is 2.30. The van der Waals surface area contributed by atoms with Crippen molar-refractivity contribution < 1.29 is 0 Å². The summed E-state index contributed by atoms with van der Waals surface area (Å²) in [7, 11) is 0.721. The molecule has 0 aliphatic rings. The predicted molar refractivity (Wildman–Crippen MR) is 97.9 cm³/mol. The van der Waals surface area contributed by atoms with Crippen molar-refractivity contribution >= 4 is 19.2 Å². The molecule has 0 aliphatic heterocycles. The van der Waals surface area contributed by atoms with Gasteiger partial charge in [0.15, 0.2) is 0 Å². The molecule has 0 atom stereocenters. The first-order chi connectivity index (χ1) is 9.69. The van der Waals surface area contributed by atoms with E-state index in [1.807, 2.05) is 0 Å². The fourth-order valence-electron chi connectivity index (χ4n) is 2.64. The lowest BCUT2D eigenvalue weighted by Crippen LogP contribution is -2.24. The van der Waals surface area contributed by atoms with Crippen molar-refractivity contribution in [2.45, 2.75) is 52.4 Å². The van der Waals surface area contributed by atoms with Crippen molar-refractivity contribution in [2.24, 2.45) is 0 Å². The number of benzene rings is 2. The van der Waals surface area contributed by atoms with Crippen LogP contribution in [0.3, 0.4) is 0 Å². The maximum Gasteiger partial charge on any atom is -0.0126 e. The highest BCUT2D eigenvalue weighted by atomic mass is 31.1. The van der Waals surface area contributed by atoms with Gasteiger partial charge in [-0.1, -0.05) is 98.7 Å². The summed E-state index contributed by atoms with van der Waals surface area (Å²) in [6.07, 6.45) is 0. The second-order valence-electron chi connectivity index (χ2n) is 7.72. The molecule has 0 unspecified atom stereocenters. The van der Waals surface area contributed by atoms with Crippen LogP contribution in [0.25, 0.3) is 0 Å². The molecular weight excluding hydrogens is 271 g/mol. The molecule has 21 heavy (non-hydrogen) atoms. The molecule has 2 rings (SSSR count). The molecule has 0 aromatic heterocycles. The van der Waals surface area contributed by atoms with Crippen LogP contribution in [0.15, 0.2) is 48.5 Å². The molecule has 0 aliphatic carbocycles. The monoisotopic (exact) mass is 298 g/mol. The fourth-order valence-corrected chi connectivity index (χ4v) is 4.47. The van der Waals surface area contributed by atoms with Crippen molar-refractivity contribution in [3.05, 3.63) is 59.7 Å². The van der Waals surface area contributed by atoms with Gasteiger partial charge in [0.1, 0.15) is 0 Å². The highest BCUT2D eigenvalue weighted by molar-refractivity contribution is 7.55. The van der Waals surface area contributed by atoms with Gasteiger partial charge < -0.3 is 0 Å². The smallest absolute Gasteiger partial charge is 0.0126 e. The summed E-state index contributed by atoms with van der Waals surface area (Å²) in [4.78, 5) is 0. The van der Waals surface area contributed by atoms with Crippen molar-refractivity contribution in [3.63, 3.8) is 0 Å². The summed E-state index contributed by atoms with van der Waals surface area (Å²) in [6.45, 7) is 13.8. The van der Waals surface area contributed by atoms with E-state index in [-0.39, 0.29) is 10.8 Å². The third-order valence-corrected chi connectivity index (χ3v) is 5.15. The van der Waals surface area contributed by atoms with Crippen molar-refractivity contribution in [1.82, 2.24) is 0 Å². The average molecular weight is 298 g/mol. The van der Waals surface area contributed by atoms with E-state index < -0.39 is 0 Å². The quantitative estimate of drug-likeness (QED) is 0.691. The van der Waals surface area contributed by atoms with E-state index in [0.717, 1.165) is 8.58 Å². The van der Waals surface area contributed by atoms with Crippen LogP contribution in [0.4, 0.5) is 0 Å². The Labute approximate surface area is 131 Å². The maximum absolute atomic E-state index is 2.30. The van der Waals surface area contributed by atoms with Crippen LogP contribution in [0.1, 0.15) is 52.7 Å². The van der Waals surface area contributed by atoms with Gasteiger partial charge in [-0.2, -0.15) is 0 Å². The van der Waals surface area contributed by atoms with E-state index in [0.29, 0.717) is 0 Å². The lowest BCUT2D eigenvalue weighted by atomic mass is 9.87. The van der Waals surface area contributed by atoms with Gasteiger partial charge in [0.25, 0.3) is 0 Å². The molecule has 2 aromatic carbocycles. The Hall–Kier alpha value is -1.13. The molecule has 0 saturated carbocycles. The van der Waals surface area contributed by atoms with Crippen molar-refractivity contribution in [1.29, 1.82) is 0 Å². The summed E-state index contributed by atoms with van der Waals surface area (Å²) in [5, 5.41) is 2.95. The van der Waals surface area contributed by atoms with Crippen LogP contribution in [0.5, 0.6) is 0 Å². The summed E-state index contributed by atoms with van der Waals surface area (Å²) in [5.41, 5.74) is 3.32. The molecule has 0 saturated heterocycles. The van der Waals surface area contributed by atoms with E-state index in [4.69, 9.17) is 0 Å². The van der Waals surface area contributed by atoms with Gasteiger partial charge in [-0.15, -0.1) is 0 Å². The van der Waals surface area contributed by atoms with Gasteiger partial charge in [0.2, 0.25) is 0 Å². The van der Waals surface area contributed by atoms with Gasteiger partial charge in [-0.3, -0.25) is 0 Å². The molecule has 1 heteroatoms. The minimum atomic E-state index is 0.195. The Balaban J connectivity index is 2.45. The molecule has 0 nitrogen and oxygen atoms in total. The zero-order chi connectivity index (χ0) is 15.7. The van der Waals surface area contributed by atoms with Crippen molar-refractivity contribution in [3.8, 4) is 0 Å². The minimum absolute atomic E-state index is 0.195. The minimum Gasteiger partial charge on any atom is -0.0619 e.